The molecule has 0 atom stereocenters. The Bertz CT molecular complexity index is 701. The van der Waals surface area contributed by atoms with Crippen molar-refractivity contribution in [2.75, 3.05) is 0 Å². The second-order valence-electron chi connectivity index (χ2n) is 6.08. The summed E-state index contributed by atoms with van der Waals surface area (Å²) in [5, 5.41) is 2.28. The van der Waals surface area contributed by atoms with Crippen molar-refractivity contribution in [3.8, 4) is 0 Å². The van der Waals surface area contributed by atoms with E-state index in [9.17, 15) is 14.4 Å². The van der Waals surface area contributed by atoms with Crippen LogP contribution in [0.15, 0.2) is 48.1 Å². The minimum atomic E-state index is -0.630. The molecule has 0 bridgehead atoms. The van der Waals surface area contributed by atoms with E-state index < -0.39 is 17.8 Å². The van der Waals surface area contributed by atoms with Crippen molar-refractivity contribution in [1.29, 1.82) is 0 Å². The average molecular weight is 324 g/mol. The third-order valence-electron chi connectivity index (χ3n) is 4.42. The maximum Gasteiger partial charge on any atom is 0.331 e. The quantitative estimate of drug-likeness (QED) is 0.686. The predicted octanol–water partition coefficient (Wildman–Crippen LogP) is 3.04. The van der Waals surface area contributed by atoms with Gasteiger partial charge in [0.05, 0.1) is 0 Å². The molecule has 0 aromatic heterocycles. The average Bonchev–Trinajstić information content (AvgIpc) is 2.59. The van der Waals surface area contributed by atoms with Crippen LogP contribution < -0.4 is 5.32 Å². The molecular weight excluding hydrogens is 304 g/mol. The third kappa shape index (κ3) is 3.45. The van der Waals surface area contributed by atoms with E-state index >= 15 is 0 Å². The molecule has 1 saturated carbocycles. The van der Waals surface area contributed by atoms with E-state index in [0.29, 0.717) is 0 Å². The van der Waals surface area contributed by atoms with Crippen LogP contribution in [0.2, 0.25) is 0 Å². The van der Waals surface area contributed by atoms with Gasteiger partial charge in [-0.05, 0) is 24.5 Å². The van der Waals surface area contributed by atoms with Crippen LogP contribution in [-0.4, -0.2) is 28.8 Å². The summed E-state index contributed by atoms with van der Waals surface area (Å²) < 4.78 is 0. The monoisotopic (exact) mass is 324 g/mol. The van der Waals surface area contributed by atoms with Gasteiger partial charge in [-0.2, -0.15) is 0 Å². The number of amides is 4. The molecular formula is C19H20N2O3. The first-order chi connectivity index (χ1) is 11.7. The summed E-state index contributed by atoms with van der Waals surface area (Å²) >= 11 is 0. The van der Waals surface area contributed by atoms with Gasteiger partial charge in [0.15, 0.2) is 0 Å². The van der Waals surface area contributed by atoms with Gasteiger partial charge < -0.3 is 0 Å². The Balaban J connectivity index is 1.80. The highest BCUT2D eigenvalue weighted by molar-refractivity contribution is 6.29. The maximum atomic E-state index is 12.6. The van der Waals surface area contributed by atoms with Gasteiger partial charge in [0.2, 0.25) is 0 Å². The molecule has 0 unspecified atom stereocenters. The molecule has 24 heavy (non-hydrogen) atoms. The summed E-state index contributed by atoms with van der Waals surface area (Å²) in [5.41, 5.74) is 0.977. The molecule has 0 radical (unpaired) electrons. The number of allylic oxidation sites excluding steroid dienone is 2. The molecule has 5 nitrogen and oxygen atoms in total. The number of barbiturate groups is 1. The normalized spacial score (nSPS) is 21.6. The van der Waals surface area contributed by atoms with E-state index in [-0.39, 0.29) is 11.6 Å². The molecule has 1 aliphatic carbocycles. The number of urea groups is 1. The highest BCUT2D eigenvalue weighted by Crippen LogP contribution is 2.25. The number of carbonyl (C=O) groups is 3. The zero-order valence-corrected chi connectivity index (χ0v) is 13.4. The molecule has 2 fully saturated rings. The lowest BCUT2D eigenvalue weighted by Gasteiger charge is -2.35. The summed E-state index contributed by atoms with van der Waals surface area (Å²) in [5.74, 6) is -1.12. The van der Waals surface area contributed by atoms with Crippen LogP contribution in [0.3, 0.4) is 0 Å². The fraction of sp³-hybridized carbons (Fsp3) is 0.316. The van der Waals surface area contributed by atoms with E-state index in [1.54, 1.807) is 6.08 Å². The molecule has 1 aliphatic heterocycles. The van der Waals surface area contributed by atoms with Gasteiger partial charge in [0.25, 0.3) is 11.8 Å². The van der Waals surface area contributed by atoms with E-state index in [1.165, 1.54) is 11.0 Å². The van der Waals surface area contributed by atoms with E-state index in [1.807, 2.05) is 36.4 Å². The van der Waals surface area contributed by atoms with Crippen LogP contribution >= 0.6 is 0 Å². The van der Waals surface area contributed by atoms with Gasteiger partial charge in [0, 0.05) is 6.04 Å². The Hall–Kier alpha value is -2.69. The third-order valence-corrected chi connectivity index (χ3v) is 4.42. The molecule has 3 rings (SSSR count). The Kier molecular flexibility index (Phi) is 4.89. The molecule has 1 aromatic carbocycles. The van der Waals surface area contributed by atoms with Crippen molar-refractivity contribution < 1.29 is 14.4 Å². The molecule has 1 aromatic rings. The standard InChI is InChI=1S/C19H20N2O3/c22-17-16(13-7-10-14-8-3-1-4-9-14)18(23)21(19(24)20-17)15-11-5-2-6-12-15/h1,3-4,7-10,13,15H,2,5-6,11-12H2,(H,20,22,24)/b10-7+,16-13-. The van der Waals surface area contributed by atoms with Crippen molar-refractivity contribution >= 4 is 23.9 Å². The molecule has 2 aliphatic rings. The van der Waals surface area contributed by atoms with Gasteiger partial charge in [-0.3, -0.25) is 19.8 Å². The fourth-order valence-corrected chi connectivity index (χ4v) is 3.18. The fourth-order valence-electron chi connectivity index (χ4n) is 3.18. The highest BCUT2D eigenvalue weighted by atomic mass is 16.2. The SMILES string of the molecule is O=C1NC(=O)N(C2CCCCC2)C(=O)/C1=C\C=C\c1ccccc1. The second kappa shape index (κ2) is 7.25. The van der Waals surface area contributed by atoms with Crippen LogP contribution in [0.5, 0.6) is 0 Å². The topological polar surface area (TPSA) is 66.5 Å². The first-order valence-electron chi connectivity index (χ1n) is 8.29. The zero-order valence-electron chi connectivity index (χ0n) is 13.4. The molecule has 1 heterocycles. The summed E-state index contributed by atoms with van der Waals surface area (Å²) in [7, 11) is 0. The summed E-state index contributed by atoms with van der Waals surface area (Å²) in [6.07, 6.45) is 9.70. The Morgan fingerprint density at radius 3 is 2.42 bits per heavy atom. The number of hydrogen-bond acceptors (Lipinski definition) is 3. The number of hydrogen-bond donors (Lipinski definition) is 1. The van der Waals surface area contributed by atoms with Crippen LogP contribution in [0.1, 0.15) is 37.7 Å². The Morgan fingerprint density at radius 2 is 1.71 bits per heavy atom. The van der Waals surface area contributed by atoms with Crippen molar-refractivity contribution in [3.63, 3.8) is 0 Å². The van der Waals surface area contributed by atoms with Gasteiger partial charge in [-0.25, -0.2) is 4.79 Å². The largest absolute Gasteiger partial charge is 0.331 e. The lowest BCUT2D eigenvalue weighted by atomic mass is 9.93. The molecule has 1 saturated heterocycles. The first-order valence-corrected chi connectivity index (χ1v) is 8.29. The lowest BCUT2D eigenvalue weighted by Crippen LogP contribution is -2.58. The molecule has 0 spiro atoms. The van der Waals surface area contributed by atoms with E-state index in [2.05, 4.69) is 5.32 Å². The zero-order chi connectivity index (χ0) is 16.9. The Morgan fingerprint density at radius 1 is 1.00 bits per heavy atom. The summed E-state index contributed by atoms with van der Waals surface area (Å²) in [6, 6.07) is 8.89. The summed E-state index contributed by atoms with van der Waals surface area (Å²) in [4.78, 5) is 37.9. The van der Waals surface area contributed by atoms with Crippen LogP contribution in [0.4, 0.5) is 4.79 Å². The number of imide groups is 2. The predicted molar refractivity (Wildman–Crippen MR) is 90.8 cm³/mol. The highest BCUT2D eigenvalue weighted by Gasteiger charge is 2.39. The van der Waals surface area contributed by atoms with Gasteiger partial charge in [-0.15, -0.1) is 0 Å². The van der Waals surface area contributed by atoms with Crippen molar-refractivity contribution in [3.05, 3.63) is 53.6 Å². The van der Waals surface area contributed by atoms with Crippen LogP contribution in [0.25, 0.3) is 6.08 Å². The number of nitrogens with one attached hydrogen (secondary N) is 1. The lowest BCUT2D eigenvalue weighted by molar-refractivity contribution is -0.132. The number of nitrogens with zero attached hydrogens (tertiary/aromatic N) is 1. The van der Waals surface area contributed by atoms with Gasteiger partial charge >= 0.3 is 6.03 Å². The van der Waals surface area contributed by atoms with Crippen LogP contribution in [0, 0.1) is 0 Å². The van der Waals surface area contributed by atoms with Crippen molar-refractivity contribution in [2.24, 2.45) is 0 Å². The van der Waals surface area contributed by atoms with E-state index in [4.69, 9.17) is 0 Å². The minimum absolute atomic E-state index is 0.00681. The first kappa shape index (κ1) is 16.2. The van der Waals surface area contributed by atoms with Crippen molar-refractivity contribution in [2.45, 2.75) is 38.1 Å². The number of benzene rings is 1. The van der Waals surface area contributed by atoms with Crippen LogP contribution in [-0.2, 0) is 9.59 Å². The Labute approximate surface area is 141 Å². The maximum absolute atomic E-state index is 12.6. The summed E-state index contributed by atoms with van der Waals surface area (Å²) in [6.45, 7) is 0. The molecule has 124 valence electrons. The smallest absolute Gasteiger partial charge is 0.273 e. The van der Waals surface area contributed by atoms with Crippen molar-refractivity contribution in [1.82, 2.24) is 10.2 Å². The molecule has 5 heteroatoms. The minimum Gasteiger partial charge on any atom is -0.273 e. The number of carbonyl (C=O) groups excluding carboxylic acids is 3. The molecule has 4 amide bonds. The van der Waals surface area contributed by atoms with E-state index in [0.717, 1.165) is 37.7 Å². The number of rotatable bonds is 3. The molecule has 1 N–H and O–H groups in total. The van der Waals surface area contributed by atoms with Gasteiger partial charge in [0.1, 0.15) is 5.57 Å². The van der Waals surface area contributed by atoms with Gasteiger partial charge in [-0.1, -0.05) is 61.7 Å². The second-order valence-corrected chi connectivity index (χ2v) is 6.08.